The van der Waals surface area contributed by atoms with E-state index in [1.807, 2.05) is 23.1 Å². The molecule has 6 rings (SSSR count). The molecule has 54 heavy (non-hydrogen) atoms. The molecule has 0 aliphatic carbocycles. The lowest BCUT2D eigenvalue weighted by Gasteiger charge is -2.33. The molecule has 10 nitrogen and oxygen atoms in total. The van der Waals surface area contributed by atoms with E-state index in [4.69, 9.17) is 25.8 Å². The SMILES string of the molecule is Cc1cc(OCCCCN2CCC(O)C2)ccc1-c1cccc(COc2cc(OCc3cncc(C#N)c3)c(CN3CCCCC3C(=O)O)cc2Cl)c1C. The quantitative estimate of drug-likeness (QED) is 0.110. The first-order valence-electron chi connectivity index (χ1n) is 18.8. The number of carboxylic acid groups (broad SMARTS) is 1. The van der Waals surface area contributed by atoms with Crippen molar-refractivity contribution in [2.45, 2.75) is 84.3 Å². The number of aliphatic hydroxyl groups excluding tert-OH is 1. The number of hydrogen-bond acceptors (Lipinski definition) is 9. The lowest BCUT2D eigenvalue weighted by Crippen LogP contribution is -2.44. The minimum Gasteiger partial charge on any atom is -0.494 e. The number of unbranched alkanes of at least 4 members (excludes halogenated alkanes) is 1. The summed E-state index contributed by atoms with van der Waals surface area (Å²) >= 11 is 6.85. The summed E-state index contributed by atoms with van der Waals surface area (Å²) in [5, 5.41) is 29.4. The van der Waals surface area contributed by atoms with Crippen molar-refractivity contribution < 1.29 is 29.2 Å². The van der Waals surface area contributed by atoms with Crippen molar-refractivity contribution >= 4 is 17.6 Å². The number of aromatic nitrogens is 1. The summed E-state index contributed by atoms with van der Waals surface area (Å²) in [5.41, 5.74) is 7.39. The second-order valence-corrected chi connectivity index (χ2v) is 14.8. The standard InChI is InChI=1S/C43H49ClN4O6/c1-29-18-36(52-17-6-5-14-47-16-13-35(49)26-47)11-12-37(29)38-9-7-8-33(30(38)2)28-54-42-21-41(53-27-32-19-31(22-45)23-46-24-32)34(20-39(42)44)25-48-15-4-3-10-40(48)43(50)51/h7-9,11-12,18-21,23-24,35,40,49H,3-6,10,13-17,25-28H2,1-2H3,(H,50,51). The van der Waals surface area contributed by atoms with Gasteiger partial charge in [-0.15, -0.1) is 0 Å². The van der Waals surface area contributed by atoms with Crippen molar-refractivity contribution in [2.75, 3.05) is 32.8 Å². The van der Waals surface area contributed by atoms with Gasteiger partial charge in [0.25, 0.3) is 0 Å². The number of benzene rings is 3. The smallest absolute Gasteiger partial charge is 0.320 e. The van der Waals surface area contributed by atoms with Gasteiger partial charge in [0.15, 0.2) is 0 Å². The first-order chi connectivity index (χ1) is 26.2. The zero-order valence-electron chi connectivity index (χ0n) is 31.1. The number of aryl methyl sites for hydroxylation is 1. The van der Waals surface area contributed by atoms with E-state index in [9.17, 15) is 20.3 Å². The van der Waals surface area contributed by atoms with Gasteiger partial charge in [0.1, 0.15) is 42.6 Å². The van der Waals surface area contributed by atoms with Crippen LogP contribution in [0.3, 0.4) is 0 Å². The Kier molecular flexibility index (Phi) is 13.4. The summed E-state index contributed by atoms with van der Waals surface area (Å²) < 4.78 is 18.8. The van der Waals surface area contributed by atoms with Crippen LogP contribution in [0.5, 0.6) is 17.2 Å². The van der Waals surface area contributed by atoms with Crippen molar-refractivity contribution in [1.29, 1.82) is 5.26 Å². The van der Waals surface area contributed by atoms with E-state index < -0.39 is 12.0 Å². The molecule has 3 heterocycles. The second-order valence-electron chi connectivity index (χ2n) is 14.3. The zero-order chi connectivity index (χ0) is 38.0. The maximum Gasteiger partial charge on any atom is 0.320 e. The Morgan fingerprint density at radius 2 is 1.80 bits per heavy atom. The number of aliphatic carboxylic acids is 1. The van der Waals surface area contributed by atoms with Crippen LogP contribution in [0.2, 0.25) is 5.02 Å². The Balaban J connectivity index is 1.14. The highest BCUT2D eigenvalue weighted by Gasteiger charge is 2.29. The van der Waals surface area contributed by atoms with Gasteiger partial charge in [0, 0.05) is 49.2 Å². The molecule has 4 aromatic rings. The topological polar surface area (TPSA) is 128 Å². The first-order valence-corrected chi connectivity index (χ1v) is 19.2. The van der Waals surface area contributed by atoms with Gasteiger partial charge >= 0.3 is 5.97 Å². The molecule has 284 valence electrons. The van der Waals surface area contributed by atoms with Crippen LogP contribution in [0.4, 0.5) is 0 Å². The molecule has 1 aromatic heterocycles. The number of carbonyl (C=O) groups is 1. The van der Waals surface area contributed by atoms with Gasteiger partial charge in [0.05, 0.1) is 23.3 Å². The van der Waals surface area contributed by atoms with Crippen LogP contribution in [-0.4, -0.2) is 75.9 Å². The van der Waals surface area contributed by atoms with E-state index in [1.54, 1.807) is 24.4 Å². The summed E-state index contributed by atoms with van der Waals surface area (Å²) in [6.07, 6.45) is 8.24. The number of rotatable bonds is 16. The number of nitriles is 1. The molecule has 2 aliphatic rings. The summed E-state index contributed by atoms with van der Waals surface area (Å²) in [6, 6.07) is 19.3. The third-order valence-corrected chi connectivity index (χ3v) is 10.7. The number of pyridine rings is 1. The van der Waals surface area contributed by atoms with Crippen LogP contribution in [-0.2, 0) is 24.6 Å². The maximum absolute atomic E-state index is 12.1. The van der Waals surface area contributed by atoms with Gasteiger partial charge in [-0.1, -0.05) is 42.3 Å². The van der Waals surface area contributed by atoms with E-state index in [2.05, 4.69) is 48.0 Å². The fraction of sp³-hybridized carbons (Fsp3) is 0.419. The van der Waals surface area contributed by atoms with Crippen molar-refractivity contribution in [2.24, 2.45) is 0 Å². The predicted octanol–water partition coefficient (Wildman–Crippen LogP) is 7.71. The highest BCUT2D eigenvalue weighted by atomic mass is 35.5. The fourth-order valence-electron chi connectivity index (χ4n) is 7.37. The largest absolute Gasteiger partial charge is 0.494 e. The van der Waals surface area contributed by atoms with Gasteiger partial charge < -0.3 is 29.3 Å². The number of ether oxygens (including phenoxy) is 3. The number of likely N-dealkylation sites (tertiary alicyclic amines) is 2. The highest BCUT2D eigenvalue weighted by molar-refractivity contribution is 6.32. The molecule has 2 unspecified atom stereocenters. The van der Waals surface area contributed by atoms with Crippen LogP contribution in [0, 0.1) is 25.2 Å². The minimum absolute atomic E-state index is 0.161. The molecule has 0 bridgehead atoms. The summed E-state index contributed by atoms with van der Waals surface area (Å²) in [5.74, 6) is 1.00. The lowest BCUT2D eigenvalue weighted by atomic mass is 9.93. The molecule has 0 spiro atoms. The molecule has 0 amide bonds. The zero-order valence-corrected chi connectivity index (χ0v) is 31.9. The number of β-amino-alcohol motifs (C(OH)–C–C–N with tert-alkyl or cyclic N) is 1. The summed E-state index contributed by atoms with van der Waals surface area (Å²) in [7, 11) is 0. The highest BCUT2D eigenvalue weighted by Crippen LogP contribution is 2.37. The Bertz CT molecular complexity index is 1970. The van der Waals surface area contributed by atoms with Crippen LogP contribution >= 0.6 is 11.6 Å². The number of hydrogen-bond donors (Lipinski definition) is 2. The van der Waals surface area contributed by atoms with Gasteiger partial charge in [0.2, 0.25) is 0 Å². The second kappa shape index (κ2) is 18.6. The number of nitrogens with zero attached hydrogens (tertiary/aromatic N) is 4. The number of piperidine rings is 1. The molecular weight excluding hydrogens is 704 g/mol. The Hall–Kier alpha value is -4.66. The molecule has 0 saturated carbocycles. The average Bonchev–Trinajstić information content (AvgIpc) is 3.59. The molecule has 2 aliphatic heterocycles. The Morgan fingerprint density at radius 3 is 2.57 bits per heavy atom. The molecular formula is C43H49ClN4O6. The Labute approximate surface area is 322 Å². The van der Waals surface area contributed by atoms with E-state index in [0.717, 1.165) is 96.4 Å². The summed E-state index contributed by atoms with van der Waals surface area (Å²) in [4.78, 5) is 20.5. The minimum atomic E-state index is -0.832. The molecule has 2 N–H and O–H groups in total. The van der Waals surface area contributed by atoms with Crippen molar-refractivity contribution in [1.82, 2.24) is 14.8 Å². The van der Waals surface area contributed by atoms with Gasteiger partial charge in [-0.05, 0) is 111 Å². The predicted molar refractivity (Wildman–Crippen MR) is 208 cm³/mol. The lowest BCUT2D eigenvalue weighted by molar-refractivity contribution is -0.144. The van der Waals surface area contributed by atoms with Crippen LogP contribution in [0.15, 0.2) is 67.0 Å². The van der Waals surface area contributed by atoms with Crippen LogP contribution < -0.4 is 14.2 Å². The molecule has 11 heteroatoms. The van der Waals surface area contributed by atoms with E-state index in [1.165, 1.54) is 6.20 Å². The molecule has 0 radical (unpaired) electrons. The molecule has 3 aromatic carbocycles. The molecule has 2 atom stereocenters. The van der Waals surface area contributed by atoms with Crippen molar-refractivity contribution in [3.63, 3.8) is 0 Å². The number of halogens is 1. The molecule has 2 saturated heterocycles. The maximum atomic E-state index is 12.1. The summed E-state index contributed by atoms with van der Waals surface area (Å²) in [6.45, 7) is 9.06. The van der Waals surface area contributed by atoms with E-state index in [0.29, 0.717) is 48.2 Å². The van der Waals surface area contributed by atoms with E-state index >= 15 is 0 Å². The monoisotopic (exact) mass is 752 g/mol. The normalized spacial score (nSPS) is 17.6. The third kappa shape index (κ3) is 10.1. The van der Waals surface area contributed by atoms with E-state index in [-0.39, 0.29) is 19.3 Å². The van der Waals surface area contributed by atoms with Crippen molar-refractivity contribution in [3.8, 4) is 34.4 Å². The van der Waals surface area contributed by atoms with Gasteiger partial charge in [-0.3, -0.25) is 14.7 Å². The van der Waals surface area contributed by atoms with Gasteiger partial charge in [-0.2, -0.15) is 5.26 Å². The van der Waals surface area contributed by atoms with Gasteiger partial charge in [-0.25, -0.2) is 0 Å². The number of aliphatic hydroxyl groups is 1. The van der Waals surface area contributed by atoms with Crippen LogP contribution in [0.1, 0.15) is 71.9 Å². The number of carboxylic acids is 1. The average molecular weight is 753 g/mol. The Morgan fingerprint density at radius 1 is 0.944 bits per heavy atom. The third-order valence-electron chi connectivity index (χ3n) is 10.4. The fourth-order valence-corrected chi connectivity index (χ4v) is 7.61. The molecule has 2 fully saturated rings. The first kappa shape index (κ1) is 39.0. The van der Waals surface area contributed by atoms with Crippen molar-refractivity contribution in [3.05, 3.63) is 105 Å². The van der Waals surface area contributed by atoms with Crippen LogP contribution in [0.25, 0.3) is 11.1 Å².